The van der Waals surface area contributed by atoms with Crippen LogP contribution in [0.1, 0.15) is 84.5 Å². The molecule has 0 aromatic heterocycles. The molecule has 0 saturated heterocycles. The van der Waals surface area contributed by atoms with E-state index in [4.69, 9.17) is 5.73 Å². The lowest BCUT2D eigenvalue weighted by atomic mass is 9.66. The van der Waals surface area contributed by atoms with Gasteiger partial charge >= 0.3 is 0 Å². The minimum Gasteiger partial charge on any atom is -0.369 e. The van der Waals surface area contributed by atoms with Gasteiger partial charge in [-0.1, -0.05) is 96.9 Å². The zero-order chi connectivity index (χ0) is 19.2. The van der Waals surface area contributed by atoms with Crippen molar-refractivity contribution < 1.29 is 4.79 Å². The van der Waals surface area contributed by atoms with Crippen LogP contribution in [-0.2, 0) is 4.79 Å². The Morgan fingerprint density at radius 1 is 1.12 bits per heavy atom. The van der Waals surface area contributed by atoms with Crippen LogP contribution < -0.4 is 5.73 Å². The fourth-order valence-corrected chi connectivity index (χ4v) is 8.23. The van der Waals surface area contributed by atoms with Crippen molar-refractivity contribution in [2.24, 2.45) is 17.1 Å². The van der Waals surface area contributed by atoms with Crippen LogP contribution in [0, 0.1) is 11.3 Å². The van der Waals surface area contributed by atoms with E-state index < -0.39 is 14.2 Å². The van der Waals surface area contributed by atoms with Crippen molar-refractivity contribution in [1.82, 2.24) is 0 Å². The summed E-state index contributed by atoms with van der Waals surface area (Å²) in [7, 11) is -1.03. The first-order valence-corrected chi connectivity index (χ1v) is 14.1. The van der Waals surface area contributed by atoms with E-state index in [0.29, 0.717) is 11.5 Å². The van der Waals surface area contributed by atoms with Crippen molar-refractivity contribution in [1.29, 1.82) is 0 Å². The fourth-order valence-electron chi connectivity index (χ4n) is 5.68. The van der Waals surface area contributed by atoms with Gasteiger partial charge in [-0.15, -0.1) is 0 Å². The highest BCUT2D eigenvalue weighted by Gasteiger charge is 2.50. The molecule has 3 unspecified atom stereocenters. The Balaban J connectivity index is 2.50. The van der Waals surface area contributed by atoms with Crippen LogP contribution in [0.2, 0.25) is 18.6 Å². The summed E-state index contributed by atoms with van der Waals surface area (Å²) in [5, 5.41) is 0. The first-order valence-electron chi connectivity index (χ1n) is 11.2. The molecule has 148 valence electrons. The third-order valence-corrected chi connectivity index (χ3v) is 9.47. The summed E-state index contributed by atoms with van der Waals surface area (Å²) in [5.74, 6) is 0.331. The number of allylic oxidation sites excluding steroid dienone is 3. The van der Waals surface area contributed by atoms with Crippen LogP contribution in [0.3, 0.4) is 0 Å². The van der Waals surface area contributed by atoms with Crippen molar-refractivity contribution in [2.75, 3.05) is 0 Å². The van der Waals surface area contributed by atoms with Gasteiger partial charge in [0, 0.05) is 8.80 Å². The fraction of sp³-hybridized carbons (Fsp3) is 0.783. The van der Waals surface area contributed by atoms with Gasteiger partial charge < -0.3 is 5.73 Å². The van der Waals surface area contributed by atoms with Gasteiger partial charge in [-0.3, -0.25) is 4.79 Å². The van der Waals surface area contributed by atoms with Crippen LogP contribution in [-0.4, -0.2) is 14.7 Å². The van der Waals surface area contributed by atoms with Crippen LogP contribution in [0.15, 0.2) is 23.3 Å². The normalized spacial score (nSPS) is 31.7. The molecule has 0 aromatic rings. The minimum absolute atomic E-state index is 0.0303. The Labute approximate surface area is 163 Å². The number of amides is 1. The van der Waals surface area contributed by atoms with Crippen molar-refractivity contribution in [2.45, 2.75) is 103 Å². The zero-order valence-electron chi connectivity index (χ0n) is 17.7. The van der Waals surface area contributed by atoms with Gasteiger partial charge in [-0.25, -0.2) is 0 Å². The number of nitrogens with two attached hydrogens (primary N) is 1. The Morgan fingerprint density at radius 2 is 1.69 bits per heavy atom. The molecule has 0 radical (unpaired) electrons. The van der Waals surface area contributed by atoms with Gasteiger partial charge in [0.2, 0.25) is 5.91 Å². The van der Waals surface area contributed by atoms with Crippen LogP contribution in [0.4, 0.5) is 0 Å². The molecular weight excluding hydrogens is 334 g/mol. The SMILES string of the molecule is CCC1=C(C2(C(N)=O)CCCCCCCCCCC2[SiH](C)C)C(C)C=C1. The molecule has 3 heteroatoms. The third kappa shape index (κ3) is 4.52. The van der Waals surface area contributed by atoms with Crippen molar-refractivity contribution >= 4 is 14.7 Å². The lowest BCUT2D eigenvalue weighted by Gasteiger charge is -2.44. The highest BCUT2D eigenvalue weighted by atomic mass is 28.3. The second-order valence-electron chi connectivity index (χ2n) is 8.99. The molecule has 2 rings (SSSR count). The zero-order valence-corrected chi connectivity index (χ0v) is 18.8. The van der Waals surface area contributed by atoms with Gasteiger partial charge in [0.25, 0.3) is 0 Å². The van der Waals surface area contributed by atoms with E-state index in [1.165, 1.54) is 62.5 Å². The van der Waals surface area contributed by atoms with Gasteiger partial charge in [0.15, 0.2) is 0 Å². The molecule has 2 aliphatic carbocycles. The van der Waals surface area contributed by atoms with E-state index >= 15 is 0 Å². The van der Waals surface area contributed by atoms with E-state index in [1.54, 1.807) is 0 Å². The summed E-state index contributed by atoms with van der Waals surface area (Å²) < 4.78 is 0. The Hall–Kier alpha value is -0.833. The predicted molar refractivity (Wildman–Crippen MR) is 116 cm³/mol. The first-order chi connectivity index (χ1) is 12.4. The standard InChI is InChI=1S/C23H41NOSi/c1-5-19-16-15-18(2)21(19)23(22(24)25)17-13-11-9-7-6-8-10-12-14-20(23)26(3)4/h15-16,18,20,26H,5-14,17H2,1-4H3,(H2,24,25). The van der Waals surface area contributed by atoms with E-state index in [9.17, 15) is 4.79 Å². The molecule has 0 spiro atoms. The van der Waals surface area contributed by atoms with Crippen molar-refractivity contribution in [3.8, 4) is 0 Å². The second-order valence-corrected chi connectivity index (χ2v) is 12.3. The summed E-state index contributed by atoms with van der Waals surface area (Å²) in [6.07, 6.45) is 18.1. The average Bonchev–Trinajstić information content (AvgIpc) is 2.96. The number of primary amides is 1. The molecule has 1 fully saturated rings. The molecule has 0 heterocycles. The molecule has 3 atom stereocenters. The van der Waals surface area contributed by atoms with E-state index in [0.717, 1.165) is 19.3 Å². The molecular formula is C23H41NOSi. The highest BCUT2D eigenvalue weighted by Crippen LogP contribution is 2.54. The van der Waals surface area contributed by atoms with Crippen LogP contribution >= 0.6 is 0 Å². The van der Waals surface area contributed by atoms with Crippen molar-refractivity contribution in [3.63, 3.8) is 0 Å². The predicted octanol–water partition coefficient (Wildman–Crippen LogP) is 6.14. The molecule has 0 bridgehead atoms. The smallest absolute Gasteiger partial charge is 0.227 e. The largest absolute Gasteiger partial charge is 0.369 e. The minimum atomic E-state index is -1.03. The highest BCUT2D eigenvalue weighted by molar-refractivity contribution is 6.58. The van der Waals surface area contributed by atoms with Gasteiger partial charge in [0.1, 0.15) is 0 Å². The molecule has 2 aliphatic rings. The maximum Gasteiger partial charge on any atom is 0.227 e. The summed E-state index contributed by atoms with van der Waals surface area (Å²) >= 11 is 0. The Kier molecular flexibility index (Phi) is 8.19. The summed E-state index contributed by atoms with van der Waals surface area (Å²) in [6, 6.07) is 0. The lowest BCUT2D eigenvalue weighted by Crippen LogP contribution is -2.47. The van der Waals surface area contributed by atoms with E-state index in [2.05, 4.69) is 39.1 Å². The number of carbonyl (C=O) groups is 1. The number of hydrogen-bond acceptors (Lipinski definition) is 1. The number of hydrogen-bond donors (Lipinski definition) is 1. The lowest BCUT2D eigenvalue weighted by molar-refractivity contribution is -0.127. The summed E-state index contributed by atoms with van der Waals surface area (Å²) in [4.78, 5) is 13.2. The topological polar surface area (TPSA) is 43.1 Å². The number of rotatable bonds is 4. The Bertz CT molecular complexity index is 536. The van der Waals surface area contributed by atoms with Gasteiger partial charge in [-0.05, 0) is 35.4 Å². The van der Waals surface area contributed by atoms with E-state index in [-0.39, 0.29) is 5.91 Å². The Morgan fingerprint density at radius 3 is 2.23 bits per heavy atom. The maximum absolute atomic E-state index is 13.2. The third-order valence-electron chi connectivity index (χ3n) is 6.96. The van der Waals surface area contributed by atoms with Crippen LogP contribution in [0.25, 0.3) is 0 Å². The quantitative estimate of drug-likeness (QED) is 0.589. The molecule has 1 amide bonds. The molecule has 2 nitrogen and oxygen atoms in total. The average molecular weight is 376 g/mol. The van der Waals surface area contributed by atoms with Gasteiger partial charge in [-0.2, -0.15) is 0 Å². The molecule has 2 N–H and O–H groups in total. The summed E-state index contributed by atoms with van der Waals surface area (Å²) in [5.41, 5.74) is 9.19. The first kappa shape index (κ1) is 21.5. The summed E-state index contributed by atoms with van der Waals surface area (Å²) in [6.45, 7) is 9.37. The number of carbonyl (C=O) groups excluding carboxylic acids is 1. The monoisotopic (exact) mass is 375 g/mol. The molecule has 0 aromatic carbocycles. The molecule has 26 heavy (non-hydrogen) atoms. The van der Waals surface area contributed by atoms with Crippen molar-refractivity contribution in [3.05, 3.63) is 23.3 Å². The molecule has 1 saturated carbocycles. The molecule has 0 aliphatic heterocycles. The van der Waals surface area contributed by atoms with Crippen LogP contribution in [0.5, 0.6) is 0 Å². The second kappa shape index (κ2) is 9.92. The van der Waals surface area contributed by atoms with E-state index in [1.807, 2.05) is 0 Å². The maximum atomic E-state index is 13.2. The van der Waals surface area contributed by atoms with Gasteiger partial charge in [0.05, 0.1) is 5.41 Å².